The van der Waals surface area contributed by atoms with E-state index in [0.717, 1.165) is 25.2 Å². The fourth-order valence-corrected chi connectivity index (χ4v) is 2.03. The van der Waals surface area contributed by atoms with Crippen molar-refractivity contribution in [1.29, 1.82) is 0 Å². The molecule has 15 heavy (non-hydrogen) atoms. The summed E-state index contributed by atoms with van der Waals surface area (Å²) in [6, 6.07) is 0.108. The molecule has 82 valence electrons. The predicted molar refractivity (Wildman–Crippen MR) is 56.2 cm³/mol. The van der Waals surface area contributed by atoms with Gasteiger partial charge in [0.05, 0.1) is 12.0 Å². The van der Waals surface area contributed by atoms with Crippen molar-refractivity contribution in [3.05, 3.63) is 17.7 Å². The van der Waals surface area contributed by atoms with Gasteiger partial charge >= 0.3 is 0 Å². The van der Waals surface area contributed by atoms with Gasteiger partial charge in [0.1, 0.15) is 0 Å². The van der Waals surface area contributed by atoms with E-state index in [4.69, 9.17) is 5.73 Å². The van der Waals surface area contributed by atoms with Gasteiger partial charge in [-0.3, -0.25) is 4.79 Å². The van der Waals surface area contributed by atoms with Crippen LogP contribution in [0.3, 0.4) is 0 Å². The molecule has 0 saturated carbocycles. The number of primary amides is 1. The molecule has 1 aromatic heterocycles. The minimum atomic E-state index is -0.265. The van der Waals surface area contributed by atoms with Crippen LogP contribution in [0.25, 0.3) is 0 Å². The second-order valence-electron chi connectivity index (χ2n) is 3.99. The Bertz CT molecular complexity index is 371. The molecule has 1 aliphatic rings. The van der Waals surface area contributed by atoms with Crippen LogP contribution in [-0.4, -0.2) is 22.0 Å². The number of carbonyl (C=O) groups excluding carboxylic acids is 1. The SMILES string of the molecule is CC(CC(N)=O)n1cnc2c1CCNC2. The number of aromatic nitrogens is 2. The summed E-state index contributed by atoms with van der Waals surface area (Å²) in [7, 11) is 0. The molecule has 0 spiro atoms. The highest BCUT2D eigenvalue weighted by molar-refractivity contribution is 5.74. The molecule has 5 heteroatoms. The van der Waals surface area contributed by atoms with Crippen LogP contribution < -0.4 is 11.1 Å². The Morgan fingerprint density at radius 2 is 2.60 bits per heavy atom. The molecule has 1 aliphatic heterocycles. The van der Waals surface area contributed by atoms with E-state index < -0.39 is 0 Å². The van der Waals surface area contributed by atoms with Gasteiger partial charge in [0.2, 0.25) is 5.91 Å². The Hall–Kier alpha value is -1.36. The first kappa shape index (κ1) is 10.2. The van der Waals surface area contributed by atoms with Crippen LogP contribution >= 0.6 is 0 Å². The Balaban J connectivity index is 2.20. The van der Waals surface area contributed by atoms with E-state index in [1.807, 2.05) is 13.3 Å². The van der Waals surface area contributed by atoms with E-state index in [2.05, 4.69) is 14.9 Å². The monoisotopic (exact) mass is 208 g/mol. The number of fused-ring (bicyclic) bond motifs is 1. The molecule has 3 N–H and O–H groups in total. The maximum atomic E-state index is 10.8. The predicted octanol–water partition coefficient (Wildman–Crippen LogP) is -0.0348. The lowest BCUT2D eigenvalue weighted by Crippen LogP contribution is -2.26. The molecule has 1 aromatic rings. The van der Waals surface area contributed by atoms with Crippen LogP contribution in [0, 0.1) is 0 Å². The third-order valence-corrected chi connectivity index (χ3v) is 2.79. The zero-order valence-electron chi connectivity index (χ0n) is 8.86. The molecule has 0 saturated heterocycles. The third-order valence-electron chi connectivity index (χ3n) is 2.79. The molecule has 0 fully saturated rings. The topological polar surface area (TPSA) is 72.9 Å². The fraction of sp³-hybridized carbons (Fsp3) is 0.600. The number of imidazole rings is 1. The van der Waals surface area contributed by atoms with Gasteiger partial charge < -0.3 is 15.6 Å². The summed E-state index contributed by atoms with van der Waals surface area (Å²) in [6.07, 6.45) is 3.15. The zero-order chi connectivity index (χ0) is 10.8. The number of amides is 1. The Labute approximate surface area is 88.7 Å². The maximum absolute atomic E-state index is 10.8. The highest BCUT2D eigenvalue weighted by Gasteiger charge is 2.18. The Morgan fingerprint density at radius 3 is 3.33 bits per heavy atom. The lowest BCUT2D eigenvalue weighted by Gasteiger charge is -2.19. The third kappa shape index (κ3) is 2.02. The highest BCUT2D eigenvalue weighted by atomic mass is 16.1. The Morgan fingerprint density at radius 1 is 1.80 bits per heavy atom. The molecule has 1 amide bonds. The van der Waals surface area contributed by atoms with Crippen molar-refractivity contribution >= 4 is 5.91 Å². The molecule has 1 atom stereocenters. The summed E-state index contributed by atoms with van der Waals surface area (Å²) in [4.78, 5) is 15.2. The van der Waals surface area contributed by atoms with Gasteiger partial charge in [0, 0.05) is 37.7 Å². The summed E-state index contributed by atoms with van der Waals surface area (Å²) < 4.78 is 2.07. The molecule has 5 nitrogen and oxygen atoms in total. The minimum Gasteiger partial charge on any atom is -0.370 e. The van der Waals surface area contributed by atoms with Crippen molar-refractivity contribution in [2.24, 2.45) is 5.73 Å². The summed E-state index contributed by atoms with van der Waals surface area (Å²) in [5, 5.41) is 3.27. The highest BCUT2D eigenvalue weighted by Crippen LogP contribution is 2.19. The van der Waals surface area contributed by atoms with E-state index in [9.17, 15) is 4.79 Å². The smallest absolute Gasteiger partial charge is 0.219 e. The summed E-state index contributed by atoms with van der Waals surface area (Å²) >= 11 is 0. The molecule has 0 bridgehead atoms. The largest absolute Gasteiger partial charge is 0.370 e. The zero-order valence-corrected chi connectivity index (χ0v) is 8.86. The number of carbonyl (C=O) groups is 1. The number of hydrogen-bond donors (Lipinski definition) is 2. The molecule has 2 rings (SSSR count). The van der Waals surface area contributed by atoms with Crippen molar-refractivity contribution in [2.45, 2.75) is 32.4 Å². The van der Waals surface area contributed by atoms with Crippen molar-refractivity contribution in [3.63, 3.8) is 0 Å². The second kappa shape index (κ2) is 4.02. The minimum absolute atomic E-state index is 0.108. The van der Waals surface area contributed by atoms with E-state index in [0.29, 0.717) is 6.42 Å². The molecule has 1 unspecified atom stereocenters. The summed E-state index contributed by atoms with van der Waals surface area (Å²) in [5.74, 6) is -0.265. The van der Waals surface area contributed by atoms with Gasteiger partial charge in [-0.1, -0.05) is 0 Å². The van der Waals surface area contributed by atoms with Crippen LogP contribution in [0.15, 0.2) is 6.33 Å². The van der Waals surface area contributed by atoms with Crippen molar-refractivity contribution in [2.75, 3.05) is 6.54 Å². The molecule has 2 heterocycles. The first-order valence-electron chi connectivity index (χ1n) is 5.22. The Kier molecular flexibility index (Phi) is 2.73. The molecule has 0 aliphatic carbocycles. The van der Waals surface area contributed by atoms with Crippen LogP contribution in [0.2, 0.25) is 0 Å². The van der Waals surface area contributed by atoms with E-state index in [-0.39, 0.29) is 11.9 Å². The first-order valence-corrected chi connectivity index (χ1v) is 5.22. The molecular weight excluding hydrogens is 192 g/mol. The van der Waals surface area contributed by atoms with Crippen LogP contribution in [0.1, 0.15) is 30.8 Å². The number of rotatable bonds is 3. The first-order chi connectivity index (χ1) is 7.18. The van der Waals surface area contributed by atoms with Crippen molar-refractivity contribution in [3.8, 4) is 0 Å². The maximum Gasteiger partial charge on any atom is 0.219 e. The van der Waals surface area contributed by atoms with E-state index in [1.54, 1.807) is 0 Å². The standard InChI is InChI=1S/C10H16N4O/c1-7(4-10(11)15)14-6-13-8-5-12-3-2-9(8)14/h6-7,12H,2-5H2,1H3,(H2,11,15). The fourth-order valence-electron chi connectivity index (χ4n) is 2.03. The van der Waals surface area contributed by atoms with Gasteiger partial charge in [-0.05, 0) is 6.92 Å². The molecule has 0 aromatic carbocycles. The second-order valence-corrected chi connectivity index (χ2v) is 3.99. The van der Waals surface area contributed by atoms with Gasteiger partial charge in [-0.2, -0.15) is 0 Å². The number of hydrogen-bond acceptors (Lipinski definition) is 3. The summed E-state index contributed by atoms with van der Waals surface area (Å²) in [6.45, 7) is 3.79. The van der Waals surface area contributed by atoms with E-state index >= 15 is 0 Å². The van der Waals surface area contributed by atoms with Crippen LogP contribution in [0.4, 0.5) is 0 Å². The average Bonchev–Trinajstić information content (AvgIpc) is 2.59. The van der Waals surface area contributed by atoms with Crippen LogP contribution in [-0.2, 0) is 17.8 Å². The lowest BCUT2D eigenvalue weighted by molar-refractivity contribution is -0.118. The van der Waals surface area contributed by atoms with Gasteiger partial charge in [0.25, 0.3) is 0 Å². The van der Waals surface area contributed by atoms with Crippen molar-refractivity contribution < 1.29 is 4.79 Å². The number of nitrogens with one attached hydrogen (secondary N) is 1. The lowest BCUT2D eigenvalue weighted by atomic mass is 10.1. The van der Waals surface area contributed by atoms with Crippen molar-refractivity contribution in [1.82, 2.24) is 14.9 Å². The average molecular weight is 208 g/mol. The quantitative estimate of drug-likeness (QED) is 0.732. The van der Waals surface area contributed by atoms with Gasteiger partial charge in [-0.25, -0.2) is 4.98 Å². The number of nitrogens with two attached hydrogens (primary N) is 1. The summed E-state index contributed by atoms with van der Waals surface area (Å²) in [5.41, 5.74) is 7.52. The van der Waals surface area contributed by atoms with Gasteiger partial charge in [0.15, 0.2) is 0 Å². The van der Waals surface area contributed by atoms with Gasteiger partial charge in [-0.15, -0.1) is 0 Å². The van der Waals surface area contributed by atoms with E-state index in [1.165, 1.54) is 5.69 Å². The molecular formula is C10H16N4O. The van der Waals surface area contributed by atoms with Crippen LogP contribution in [0.5, 0.6) is 0 Å². The normalized spacial score (nSPS) is 17.1. The molecule has 0 radical (unpaired) electrons. The number of nitrogens with zero attached hydrogens (tertiary/aromatic N) is 2.